The Labute approximate surface area is 182 Å². The largest absolute Gasteiger partial charge is 0.494 e. The molecule has 1 fully saturated rings. The van der Waals surface area contributed by atoms with E-state index in [9.17, 15) is 8.78 Å². The second-order valence-corrected chi connectivity index (χ2v) is 7.25. The zero-order valence-electron chi connectivity index (χ0n) is 17.3. The quantitative estimate of drug-likeness (QED) is 0.200. The zero-order chi connectivity index (χ0) is 22.8. The molecule has 2 aromatic heterocycles. The molecule has 1 saturated heterocycles. The minimum atomic E-state index is -1.22. The lowest BCUT2D eigenvalue weighted by molar-refractivity contribution is 0.372. The molecule has 0 radical (unpaired) electrons. The van der Waals surface area contributed by atoms with Gasteiger partial charge in [-0.3, -0.25) is 9.69 Å². The van der Waals surface area contributed by atoms with Crippen molar-refractivity contribution in [2.75, 3.05) is 30.9 Å². The summed E-state index contributed by atoms with van der Waals surface area (Å²) in [6.07, 6.45) is 6.19. The number of hydrogen-bond acceptors (Lipinski definition) is 8. The first-order valence-corrected chi connectivity index (χ1v) is 9.80. The molecule has 168 valence electrons. The highest BCUT2D eigenvalue weighted by Crippen LogP contribution is 2.30. The Morgan fingerprint density at radius 1 is 1.28 bits per heavy atom. The zero-order valence-corrected chi connectivity index (χ0v) is 17.3. The van der Waals surface area contributed by atoms with Gasteiger partial charge in [0.05, 0.1) is 30.6 Å². The number of benzene rings is 1. The molecular weight excluding hydrogens is 420 g/mol. The number of methoxy groups -OCH3 is 1. The number of ether oxygens (including phenoxy) is 1. The molecule has 3 aromatic rings. The lowest BCUT2D eigenvalue weighted by Gasteiger charge is -2.22. The van der Waals surface area contributed by atoms with E-state index >= 15 is 0 Å². The fourth-order valence-electron chi connectivity index (χ4n) is 3.61. The van der Waals surface area contributed by atoms with Gasteiger partial charge in [-0.25, -0.2) is 15.2 Å². The Kier molecular flexibility index (Phi) is 5.88. The molecule has 0 spiro atoms. The normalized spacial score (nSPS) is 16.4. The molecule has 0 amide bonds. The number of hydrogen-bond donors (Lipinski definition) is 4. The Bertz CT molecular complexity index is 1160. The molecule has 1 aliphatic rings. The van der Waals surface area contributed by atoms with Gasteiger partial charge in [-0.05, 0) is 31.2 Å². The van der Waals surface area contributed by atoms with E-state index in [4.69, 9.17) is 22.2 Å². The molecular formula is C20H23F2N9O. The maximum atomic E-state index is 14.6. The number of nitrogens with one attached hydrogen (secondary N) is 1. The van der Waals surface area contributed by atoms with Gasteiger partial charge in [0, 0.05) is 30.1 Å². The summed E-state index contributed by atoms with van der Waals surface area (Å²) in [7, 11) is 1.23. The molecule has 32 heavy (non-hydrogen) atoms. The fraction of sp³-hybridized carbons (Fsp3) is 0.250. The molecule has 1 aromatic carbocycles. The van der Waals surface area contributed by atoms with Gasteiger partial charge in [0.25, 0.3) is 0 Å². The van der Waals surface area contributed by atoms with E-state index in [-0.39, 0.29) is 34.7 Å². The first-order valence-electron chi connectivity index (χ1n) is 9.80. The Morgan fingerprint density at radius 2 is 2.09 bits per heavy atom. The van der Waals surface area contributed by atoms with E-state index < -0.39 is 11.6 Å². The number of nitrogens with zero attached hydrogens (tertiary/aromatic N) is 5. The number of hydrazine groups is 1. The highest BCUT2D eigenvalue weighted by atomic mass is 19.2. The lowest BCUT2D eigenvalue weighted by Crippen LogP contribution is -2.40. The Morgan fingerprint density at radius 3 is 2.78 bits per heavy atom. The third kappa shape index (κ3) is 3.81. The average molecular weight is 443 g/mol. The van der Waals surface area contributed by atoms with Crippen LogP contribution in [0.4, 0.5) is 20.3 Å². The molecule has 4 rings (SSSR count). The van der Waals surface area contributed by atoms with Gasteiger partial charge in [0.1, 0.15) is 5.82 Å². The number of rotatable bonds is 5. The van der Waals surface area contributed by atoms with Crippen molar-refractivity contribution in [3.05, 3.63) is 54.0 Å². The lowest BCUT2D eigenvalue weighted by atomic mass is 10.1. The van der Waals surface area contributed by atoms with Crippen LogP contribution in [0.3, 0.4) is 0 Å². The number of halogens is 2. The number of nitrogens with two attached hydrogens (primary N) is 3. The van der Waals surface area contributed by atoms with Crippen molar-refractivity contribution in [2.45, 2.75) is 12.5 Å². The fourth-order valence-corrected chi connectivity index (χ4v) is 3.61. The summed E-state index contributed by atoms with van der Waals surface area (Å²) in [6, 6.07) is 4.43. The smallest absolute Gasteiger partial charge is 0.202 e. The van der Waals surface area contributed by atoms with Crippen molar-refractivity contribution in [2.24, 2.45) is 16.8 Å². The first kappa shape index (κ1) is 21.5. The van der Waals surface area contributed by atoms with Crippen LogP contribution in [0.5, 0.6) is 5.75 Å². The summed E-state index contributed by atoms with van der Waals surface area (Å²) in [5, 5.41) is 12.2. The van der Waals surface area contributed by atoms with Crippen LogP contribution in [0.25, 0.3) is 11.1 Å². The van der Waals surface area contributed by atoms with Gasteiger partial charge in [-0.15, -0.1) is 0 Å². The summed E-state index contributed by atoms with van der Waals surface area (Å²) in [4.78, 5) is 4.20. The molecule has 12 heteroatoms. The second-order valence-electron chi connectivity index (χ2n) is 7.25. The van der Waals surface area contributed by atoms with Crippen molar-refractivity contribution in [3.63, 3.8) is 0 Å². The van der Waals surface area contributed by atoms with Crippen molar-refractivity contribution in [3.8, 4) is 16.9 Å². The summed E-state index contributed by atoms with van der Waals surface area (Å²) in [5.41, 5.74) is 7.45. The number of aromatic nitrogens is 3. The summed E-state index contributed by atoms with van der Waals surface area (Å²) in [6.45, 7) is 1.79. The summed E-state index contributed by atoms with van der Waals surface area (Å²) >= 11 is 0. The van der Waals surface area contributed by atoms with E-state index in [0.29, 0.717) is 5.56 Å². The van der Waals surface area contributed by atoms with E-state index in [2.05, 4.69) is 20.5 Å². The van der Waals surface area contributed by atoms with Crippen LogP contribution < -0.4 is 32.5 Å². The minimum absolute atomic E-state index is 0.0650. The molecule has 1 aliphatic heterocycles. The predicted molar refractivity (Wildman–Crippen MR) is 117 cm³/mol. The van der Waals surface area contributed by atoms with Gasteiger partial charge < -0.3 is 21.6 Å². The monoisotopic (exact) mass is 443 g/mol. The third-order valence-electron chi connectivity index (χ3n) is 5.36. The van der Waals surface area contributed by atoms with Crippen molar-refractivity contribution < 1.29 is 13.5 Å². The number of hydrazone groups is 1. The number of pyridine rings is 1. The summed E-state index contributed by atoms with van der Waals surface area (Å²) < 4.78 is 35.4. The van der Waals surface area contributed by atoms with Crippen LogP contribution in [-0.4, -0.2) is 40.8 Å². The highest BCUT2D eigenvalue weighted by molar-refractivity contribution is 6.12. The van der Waals surface area contributed by atoms with Gasteiger partial charge >= 0.3 is 0 Å². The maximum Gasteiger partial charge on any atom is 0.202 e. The Balaban J connectivity index is 1.69. The maximum absolute atomic E-state index is 14.6. The van der Waals surface area contributed by atoms with Crippen LogP contribution in [0.1, 0.15) is 18.0 Å². The predicted octanol–water partition coefficient (Wildman–Crippen LogP) is 1.35. The molecule has 0 bridgehead atoms. The average Bonchev–Trinajstić information content (AvgIpc) is 3.49. The van der Waals surface area contributed by atoms with Crippen LogP contribution in [0.2, 0.25) is 0 Å². The number of anilines is 2. The van der Waals surface area contributed by atoms with E-state index in [1.165, 1.54) is 19.2 Å². The van der Waals surface area contributed by atoms with Gasteiger partial charge in [0.2, 0.25) is 5.82 Å². The van der Waals surface area contributed by atoms with Crippen molar-refractivity contribution in [1.82, 2.24) is 20.1 Å². The first-order chi connectivity index (χ1) is 15.4. The highest BCUT2D eigenvalue weighted by Gasteiger charge is 2.24. The standard InChI is InChI=1S/C20H23F2N9O/c1-32-16-3-2-15(17(21)18(16)22)31(25)20(29-24)14-6-11(7-27-19(14)23)12-8-28-30(10-12)13-4-5-26-9-13/h2-3,6-8,10,13,26H,4-5,9,24-25H2,1H3,(H2,23,27)/b29-20-. The van der Waals surface area contributed by atoms with E-state index in [0.717, 1.165) is 30.1 Å². The van der Waals surface area contributed by atoms with Crippen molar-refractivity contribution >= 4 is 17.3 Å². The van der Waals surface area contributed by atoms with Gasteiger partial charge in [-0.2, -0.15) is 14.6 Å². The number of amidine groups is 1. The molecule has 0 saturated carbocycles. The van der Waals surface area contributed by atoms with Crippen molar-refractivity contribution in [1.29, 1.82) is 0 Å². The molecule has 3 heterocycles. The molecule has 0 aliphatic carbocycles. The number of nitrogen functional groups attached to an aromatic ring is 1. The topological polar surface area (TPSA) is 146 Å². The van der Waals surface area contributed by atoms with E-state index in [1.54, 1.807) is 18.5 Å². The second kappa shape index (κ2) is 8.77. The molecule has 1 unspecified atom stereocenters. The molecule has 7 N–H and O–H groups in total. The van der Waals surface area contributed by atoms with E-state index in [1.807, 2.05) is 10.9 Å². The van der Waals surface area contributed by atoms with Crippen LogP contribution in [0.15, 0.2) is 41.9 Å². The molecule has 1 atom stereocenters. The Hall–Kier alpha value is -3.77. The van der Waals surface area contributed by atoms with Gasteiger partial charge in [0.15, 0.2) is 17.4 Å². The van der Waals surface area contributed by atoms with Crippen LogP contribution in [0, 0.1) is 11.6 Å². The van der Waals surface area contributed by atoms with Crippen LogP contribution >= 0.6 is 0 Å². The van der Waals surface area contributed by atoms with Crippen LogP contribution in [-0.2, 0) is 0 Å². The minimum Gasteiger partial charge on any atom is -0.494 e. The summed E-state index contributed by atoms with van der Waals surface area (Å²) in [5.74, 6) is 8.90. The molecule has 10 nitrogen and oxygen atoms in total. The van der Waals surface area contributed by atoms with Gasteiger partial charge in [-0.1, -0.05) is 0 Å². The third-order valence-corrected chi connectivity index (χ3v) is 5.36. The SMILES string of the molecule is COc1ccc(N(N)/C(=N\N)c2cc(-c3cnn(C4CCNC4)c3)cnc2N)c(F)c1F.